The molecule has 4 aliphatic rings. The highest BCUT2D eigenvalue weighted by atomic mass is 16.5. The van der Waals surface area contributed by atoms with Gasteiger partial charge >= 0.3 is 0 Å². The van der Waals surface area contributed by atoms with Crippen LogP contribution in [0.5, 0.6) is 11.5 Å². The minimum Gasteiger partial charge on any atom is -0.504 e. The van der Waals surface area contributed by atoms with Gasteiger partial charge in [-0.2, -0.15) is 4.98 Å². The molecule has 40 heavy (non-hydrogen) atoms. The zero-order valence-corrected chi connectivity index (χ0v) is 22.1. The zero-order chi connectivity index (χ0) is 27.9. The topological polar surface area (TPSA) is 183 Å². The van der Waals surface area contributed by atoms with Crippen LogP contribution in [0.1, 0.15) is 74.8 Å². The molecule has 1 aliphatic heterocycles. The van der Waals surface area contributed by atoms with Crippen LogP contribution in [0.15, 0.2) is 23.3 Å². The van der Waals surface area contributed by atoms with Gasteiger partial charge in [0.05, 0.1) is 25.1 Å². The van der Waals surface area contributed by atoms with E-state index >= 15 is 0 Å². The monoisotopic (exact) mass is 551 g/mol. The summed E-state index contributed by atoms with van der Waals surface area (Å²) in [5, 5.41) is 43.9. The number of aliphatic hydroxyl groups is 2. The molecule has 3 fully saturated rings. The number of ether oxygens (including phenoxy) is 1. The third kappa shape index (κ3) is 3.69. The van der Waals surface area contributed by atoms with E-state index in [1.165, 1.54) is 6.33 Å². The summed E-state index contributed by atoms with van der Waals surface area (Å²) in [7, 11) is 0. The Labute approximate surface area is 229 Å². The fraction of sp³-hybridized carbons (Fsp3) is 0.571. The van der Waals surface area contributed by atoms with Crippen LogP contribution in [0, 0.1) is 17.3 Å². The molecule has 12 heteroatoms. The Balaban J connectivity index is 1.27. The van der Waals surface area contributed by atoms with Crippen molar-refractivity contribution in [3.8, 4) is 11.5 Å². The van der Waals surface area contributed by atoms with Crippen LogP contribution >= 0.6 is 0 Å². The van der Waals surface area contributed by atoms with Crippen LogP contribution in [0.4, 0.5) is 5.95 Å². The van der Waals surface area contributed by atoms with Gasteiger partial charge in [-0.1, -0.05) is 6.92 Å². The lowest BCUT2D eigenvalue weighted by Gasteiger charge is -2.50. The van der Waals surface area contributed by atoms with Gasteiger partial charge in [-0.25, -0.2) is 4.98 Å². The molecule has 3 aromatic rings. The van der Waals surface area contributed by atoms with Crippen molar-refractivity contribution in [3.63, 3.8) is 0 Å². The average Bonchev–Trinajstić information content (AvgIpc) is 3.60. The number of fused-ring (bicyclic) bond motifs is 6. The number of carbonyl (C=O) groups excluding carboxylic acids is 1. The number of hydrogen-bond donors (Lipinski definition) is 6. The number of benzene rings is 1. The third-order valence-electron chi connectivity index (χ3n) is 10.0. The molecule has 0 bridgehead atoms. The molecule has 8 atom stereocenters. The fourth-order valence-corrected chi connectivity index (χ4v) is 7.96. The van der Waals surface area contributed by atoms with Crippen LogP contribution in [0.25, 0.3) is 11.2 Å². The Morgan fingerprint density at radius 3 is 2.70 bits per heavy atom. The summed E-state index contributed by atoms with van der Waals surface area (Å²) in [5.41, 5.74) is 1.37. The molecule has 0 amide bonds. The number of carbonyl (C=O) groups is 1. The second-order valence-corrected chi connectivity index (χ2v) is 12.1. The highest BCUT2D eigenvalue weighted by Gasteiger charge is 2.55. The number of anilines is 1. The number of phenols is 2. The van der Waals surface area contributed by atoms with Gasteiger partial charge in [0.1, 0.15) is 18.1 Å². The number of nitrogens with one attached hydrogen (secondary N) is 2. The molecule has 212 valence electrons. The molecule has 3 aliphatic carbocycles. The Hall–Kier alpha value is -3.48. The number of phenolic OH excluding ortho intramolecular Hbond substituents is 2. The van der Waals surface area contributed by atoms with Crippen LogP contribution in [-0.2, 0) is 9.53 Å². The minimum absolute atomic E-state index is 0.121. The van der Waals surface area contributed by atoms with E-state index in [4.69, 9.17) is 4.74 Å². The summed E-state index contributed by atoms with van der Waals surface area (Å²) in [5.74, 6) is 0.700. The molecule has 1 saturated heterocycles. The largest absolute Gasteiger partial charge is 0.504 e. The van der Waals surface area contributed by atoms with Crippen molar-refractivity contribution >= 4 is 22.9 Å². The quantitative estimate of drug-likeness (QED) is 0.263. The standard InChI is InChI=1S/C28H33N5O7/c1-28-5-4-12-13-7-18(35)19(36)8-15(13)17(6-14(12)16(28)2-3-22(28)38)30-27-31-25-24(26(39)32-27)29-11-33(25)23-9-20(37)21(10-34)40-23/h7-8,11-12,14,16-17,20-21,23,34-37H,2-6,9-10H2,1H3,(H2,30,31,32,39)/t12?,14?,16?,17?,20-,21+,23+,28-/m0/s1. The number of Topliss-reactive ketones (excluding diaryl/α,β-unsaturated/α-hetero) is 1. The zero-order valence-electron chi connectivity index (χ0n) is 22.1. The van der Waals surface area contributed by atoms with Crippen molar-refractivity contribution in [2.75, 3.05) is 11.9 Å². The Bertz CT molecular complexity index is 1570. The van der Waals surface area contributed by atoms with Crippen molar-refractivity contribution in [1.82, 2.24) is 19.5 Å². The molecule has 2 saturated carbocycles. The first kappa shape index (κ1) is 25.5. The lowest BCUT2D eigenvalue weighted by atomic mass is 9.55. The van der Waals surface area contributed by atoms with Crippen LogP contribution in [0.2, 0.25) is 0 Å². The molecule has 0 spiro atoms. The summed E-state index contributed by atoms with van der Waals surface area (Å²) in [6, 6.07) is 2.88. The maximum atomic E-state index is 13.0. The average molecular weight is 552 g/mol. The van der Waals surface area contributed by atoms with Gasteiger partial charge in [0, 0.05) is 18.3 Å². The second kappa shape index (κ2) is 9.02. The number of imidazole rings is 1. The predicted octanol–water partition coefficient (Wildman–Crippen LogP) is 2.21. The van der Waals surface area contributed by atoms with Crippen molar-refractivity contribution in [3.05, 3.63) is 39.9 Å². The van der Waals surface area contributed by atoms with Crippen molar-refractivity contribution in [2.45, 2.75) is 75.8 Å². The second-order valence-electron chi connectivity index (χ2n) is 12.1. The van der Waals surface area contributed by atoms with Crippen LogP contribution in [-0.4, -0.2) is 64.5 Å². The van der Waals surface area contributed by atoms with Gasteiger partial charge < -0.3 is 30.5 Å². The molecule has 0 radical (unpaired) electrons. The summed E-state index contributed by atoms with van der Waals surface area (Å²) in [6.07, 6.45) is 3.15. The molecule has 6 N–H and O–H groups in total. The number of nitrogens with zero attached hydrogens (tertiary/aromatic N) is 3. The number of rotatable bonds is 4. The van der Waals surface area contributed by atoms with Crippen LogP contribution < -0.4 is 10.9 Å². The van der Waals surface area contributed by atoms with Gasteiger partial charge in [-0.05, 0) is 66.7 Å². The first-order chi connectivity index (χ1) is 19.2. The lowest BCUT2D eigenvalue weighted by Crippen LogP contribution is -2.44. The fourth-order valence-electron chi connectivity index (χ4n) is 7.96. The molecular formula is C28H33N5O7. The number of aromatic amines is 1. The predicted molar refractivity (Wildman–Crippen MR) is 142 cm³/mol. The highest BCUT2D eigenvalue weighted by Crippen LogP contribution is 2.61. The Kier molecular flexibility index (Phi) is 5.74. The van der Waals surface area contributed by atoms with E-state index in [0.717, 1.165) is 30.4 Å². The van der Waals surface area contributed by atoms with Gasteiger partial charge in [0.25, 0.3) is 5.56 Å². The van der Waals surface area contributed by atoms with Crippen LogP contribution in [0.3, 0.4) is 0 Å². The number of hydrogen-bond acceptors (Lipinski definition) is 10. The maximum absolute atomic E-state index is 13.0. The van der Waals surface area contributed by atoms with Gasteiger partial charge in [-0.15, -0.1) is 0 Å². The smallest absolute Gasteiger partial charge is 0.280 e. The molecule has 3 heterocycles. The molecule has 4 unspecified atom stereocenters. The Morgan fingerprint density at radius 2 is 1.95 bits per heavy atom. The molecule has 2 aromatic heterocycles. The van der Waals surface area contributed by atoms with E-state index in [0.29, 0.717) is 18.6 Å². The van der Waals surface area contributed by atoms with E-state index in [2.05, 4.69) is 27.2 Å². The van der Waals surface area contributed by atoms with Gasteiger partial charge in [-0.3, -0.25) is 19.1 Å². The molecular weight excluding hydrogens is 518 g/mol. The summed E-state index contributed by atoms with van der Waals surface area (Å²) in [6.45, 7) is 1.76. The number of ketones is 1. The van der Waals surface area contributed by atoms with E-state index in [-0.39, 0.29) is 70.8 Å². The van der Waals surface area contributed by atoms with E-state index in [1.807, 2.05) is 0 Å². The highest BCUT2D eigenvalue weighted by molar-refractivity contribution is 5.87. The minimum atomic E-state index is -0.855. The Morgan fingerprint density at radius 1 is 1.18 bits per heavy atom. The third-order valence-corrected chi connectivity index (χ3v) is 10.0. The van der Waals surface area contributed by atoms with Crippen molar-refractivity contribution in [1.29, 1.82) is 0 Å². The molecule has 12 nitrogen and oxygen atoms in total. The summed E-state index contributed by atoms with van der Waals surface area (Å²) >= 11 is 0. The number of aromatic hydroxyl groups is 2. The van der Waals surface area contributed by atoms with E-state index in [9.17, 15) is 30.0 Å². The van der Waals surface area contributed by atoms with Gasteiger partial charge in [0.2, 0.25) is 5.95 Å². The molecule has 1 aromatic carbocycles. The van der Waals surface area contributed by atoms with Crippen molar-refractivity contribution in [2.24, 2.45) is 17.3 Å². The van der Waals surface area contributed by atoms with E-state index < -0.39 is 24.0 Å². The number of aliphatic hydroxyl groups excluding tert-OH is 2. The number of H-pyrrole nitrogens is 1. The van der Waals surface area contributed by atoms with E-state index in [1.54, 1.807) is 16.7 Å². The lowest BCUT2D eigenvalue weighted by molar-refractivity contribution is -0.129. The molecule has 7 rings (SSSR count). The first-order valence-electron chi connectivity index (χ1n) is 13.9. The first-order valence-corrected chi connectivity index (χ1v) is 13.9. The number of aromatic nitrogens is 4. The maximum Gasteiger partial charge on any atom is 0.280 e. The summed E-state index contributed by atoms with van der Waals surface area (Å²) in [4.78, 5) is 37.5. The van der Waals surface area contributed by atoms with Crippen molar-refractivity contribution < 1.29 is 30.0 Å². The SMILES string of the molecule is C[C@]12CCC3c4cc(O)c(O)cc4C(Nc4nc5c(ncn5[C@H]5C[C@H](O)[C@@H](CO)O5)c(=O)[nH]4)CC3C1CCC2=O. The van der Waals surface area contributed by atoms with Gasteiger partial charge in [0.15, 0.2) is 22.7 Å². The normalized spacial score (nSPS) is 35.0. The summed E-state index contributed by atoms with van der Waals surface area (Å²) < 4.78 is 7.35.